The van der Waals surface area contributed by atoms with Gasteiger partial charge in [-0.1, -0.05) is 0 Å². The van der Waals surface area contributed by atoms with Gasteiger partial charge in [0.15, 0.2) is 0 Å². The first kappa shape index (κ1) is 48.8. The maximum absolute atomic E-state index is 12.9. The SMILES string of the molecule is CCOCCOCCOCCOCCOCCC(=O)N[C@@H](CCC(=O)NC[C@H](O)[C@@H](O)[C@H](O)[C@H](O)CO)C(=O)NC[C@H](O)[C@@H](O)[C@H](O)[C@H](O)CO. The second-order valence-electron chi connectivity index (χ2n) is 11.2. The van der Waals surface area contributed by atoms with Crippen LogP contribution in [-0.4, -0.2) is 216 Å². The number of aliphatic hydroxyl groups is 10. The van der Waals surface area contributed by atoms with Crippen LogP contribution in [0.1, 0.15) is 26.2 Å². The molecule has 0 aromatic carbocycles. The zero-order valence-corrected chi connectivity index (χ0v) is 29.0. The van der Waals surface area contributed by atoms with Gasteiger partial charge in [-0.15, -0.1) is 0 Å². The topological polar surface area (TPSA) is 336 Å². The summed E-state index contributed by atoms with van der Waals surface area (Å²) >= 11 is 0. The van der Waals surface area contributed by atoms with Gasteiger partial charge in [-0.05, 0) is 13.3 Å². The van der Waals surface area contributed by atoms with Crippen LogP contribution in [-0.2, 0) is 38.1 Å². The Hall–Kier alpha value is -2.19. The summed E-state index contributed by atoms with van der Waals surface area (Å²) in [6.07, 6.45) is -15.7. The van der Waals surface area contributed by atoms with Gasteiger partial charge in [0.2, 0.25) is 17.7 Å². The van der Waals surface area contributed by atoms with E-state index in [1.54, 1.807) is 0 Å². The molecule has 0 heterocycles. The molecule has 0 saturated carbocycles. The third kappa shape index (κ3) is 23.2. The number of hydrogen-bond donors (Lipinski definition) is 13. The number of rotatable bonds is 33. The maximum Gasteiger partial charge on any atom is 0.242 e. The number of hydrogen-bond acceptors (Lipinski definition) is 18. The van der Waals surface area contributed by atoms with Gasteiger partial charge in [-0.2, -0.15) is 0 Å². The number of nitrogens with one attached hydrogen (secondary N) is 3. The first-order chi connectivity index (χ1) is 24.3. The largest absolute Gasteiger partial charge is 0.394 e. The molecule has 0 aromatic rings. The molecule has 9 atom stereocenters. The van der Waals surface area contributed by atoms with E-state index in [0.29, 0.717) is 46.2 Å². The maximum atomic E-state index is 12.9. The summed E-state index contributed by atoms with van der Waals surface area (Å²) in [5.41, 5.74) is 0. The zero-order chi connectivity index (χ0) is 38.6. The van der Waals surface area contributed by atoms with Crippen molar-refractivity contribution < 1.29 is 89.1 Å². The van der Waals surface area contributed by atoms with Crippen molar-refractivity contribution in [3.8, 4) is 0 Å². The Kier molecular flexibility index (Phi) is 29.0. The minimum absolute atomic E-state index is 0.0490. The fourth-order valence-corrected chi connectivity index (χ4v) is 4.00. The number of aliphatic hydroxyl groups excluding tert-OH is 10. The molecular weight excluding hydrogens is 690 g/mol. The third-order valence-electron chi connectivity index (χ3n) is 7.12. The van der Waals surface area contributed by atoms with E-state index in [4.69, 9.17) is 33.9 Å². The lowest BCUT2D eigenvalue weighted by Crippen LogP contribution is -2.53. The molecule has 21 heteroatoms. The van der Waals surface area contributed by atoms with Crippen molar-refractivity contribution in [1.82, 2.24) is 16.0 Å². The third-order valence-corrected chi connectivity index (χ3v) is 7.12. The van der Waals surface area contributed by atoms with Gasteiger partial charge >= 0.3 is 0 Å². The molecule has 0 aliphatic carbocycles. The highest BCUT2D eigenvalue weighted by Gasteiger charge is 2.32. The highest BCUT2D eigenvalue weighted by atomic mass is 16.6. The van der Waals surface area contributed by atoms with Gasteiger partial charge in [0.25, 0.3) is 0 Å². The Balaban J connectivity index is 4.79. The second-order valence-corrected chi connectivity index (χ2v) is 11.2. The number of carbonyl (C=O) groups excluding carboxylic acids is 3. The van der Waals surface area contributed by atoms with Crippen molar-refractivity contribution in [2.45, 2.75) is 81.1 Å². The first-order valence-corrected chi connectivity index (χ1v) is 16.7. The summed E-state index contributed by atoms with van der Waals surface area (Å²) in [6.45, 7) is 2.33. The Morgan fingerprint density at radius 2 is 0.902 bits per heavy atom. The normalized spacial score (nSPS) is 17.0. The average molecular weight is 750 g/mol. The minimum atomic E-state index is -1.96. The lowest BCUT2D eigenvalue weighted by Gasteiger charge is -2.26. The van der Waals surface area contributed by atoms with Crippen LogP contribution in [0.2, 0.25) is 0 Å². The molecule has 302 valence electrons. The Bertz CT molecular complexity index is 908. The summed E-state index contributed by atoms with van der Waals surface area (Å²) < 4.78 is 26.6. The molecular formula is C30H59N3O18. The van der Waals surface area contributed by atoms with Crippen molar-refractivity contribution in [2.75, 3.05) is 92.4 Å². The molecule has 0 aliphatic rings. The monoisotopic (exact) mass is 749 g/mol. The summed E-state index contributed by atoms with van der Waals surface area (Å²) in [5, 5.41) is 103. The van der Waals surface area contributed by atoms with Crippen molar-refractivity contribution in [3.63, 3.8) is 0 Å². The standard InChI is InChI=1S/C30H59N3O18/c1-2-47-7-8-49-11-12-51-14-13-50-10-9-48-6-5-25(41)33-19(30(46)32-16-21(37)27(43)29(45)23(39)18-35)3-4-24(40)31-15-20(36)26(42)28(44)22(38)17-34/h19-23,26-29,34-39,42-45H,2-18H2,1H3,(H,31,40)(H,32,46)(H,33,41)/t19-,20-,21-,22+,23+,26+,27+,28+,29+/m0/s1. The fraction of sp³-hybridized carbons (Fsp3) is 0.900. The summed E-state index contributed by atoms with van der Waals surface area (Å²) in [6, 6.07) is -1.36. The van der Waals surface area contributed by atoms with Gasteiger partial charge in [0, 0.05) is 32.5 Å². The van der Waals surface area contributed by atoms with E-state index in [0.717, 1.165) is 0 Å². The molecule has 0 aliphatic heterocycles. The Morgan fingerprint density at radius 3 is 1.33 bits per heavy atom. The smallest absolute Gasteiger partial charge is 0.242 e. The predicted molar refractivity (Wildman–Crippen MR) is 174 cm³/mol. The lowest BCUT2D eigenvalue weighted by molar-refractivity contribution is -0.132. The Morgan fingerprint density at radius 1 is 0.510 bits per heavy atom. The second kappa shape index (κ2) is 30.3. The van der Waals surface area contributed by atoms with E-state index in [-0.39, 0.29) is 32.7 Å². The van der Waals surface area contributed by atoms with E-state index in [1.165, 1.54) is 0 Å². The molecule has 0 rings (SSSR count). The van der Waals surface area contributed by atoms with E-state index < -0.39 is 105 Å². The van der Waals surface area contributed by atoms with Gasteiger partial charge in [0.1, 0.15) is 42.7 Å². The molecule has 0 radical (unpaired) electrons. The van der Waals surface area contributed by atoms with Gasteiger partial charge in [-0.3, -0.25) is 14.4 Å². The summed E-state index contributed by atoms with van der Waals surface area (Å²) in [4.78, 5) is 37.9. The van der Waals surface area contributed by atoms with Gasteiger partial charge < -0.3 is 90.7 Å². The van der Waals surface area contributed by atoms with Crippen LogP contribution < -0.4 is 16.0 Å². The van der Waals surface area contributed by atoms with Crippen molar-refractivity contribution in [2.24, 2.45) is 0 Å². The van der Waals surface area contributed by atoms with Gasteiger partial charge in [0.05, 0.1) is 84.9 Å². The Labute approximate surface area is 296 Å². The van der Waals surface area contributed by atoms with Crippen LogP contribution in [0.25, 0.3) is 0 Å². The highest BCUT2D eigenvalue weighted by Crippen LogP contribution is 2.07. The summed E-state index contributed by atoms with van der Waals surface area (Å²) in [5.74, 6) is -2.29. The number of amides is 3. The molecule has 0 fully saturated rings. The van der Waals surface area contributed by atoms with Crippen LogP contribution in [0, 0.1) is 0 Å². The number of ether oxygens (including phenoxy) is 5. The average Bonchev–Trinajstić information content (AvgIpc) is 3.13. The van der Waals surface area contributed by atoms with Crippen molar-refractivity contribution in [1.29, 1.82) is 0 Å². The highest BCUT2D eigenvalue weighted by molar-refractivity contribution is 5.88. The van der Waals surface area contributed by atoms with Crippen LogP contribution in [0.15, 0.2) is 0 Å². The first-order valence-electron chi connectivity index (χ1n) is 16.7. The lowest BCUT2D eigenvalue weighted by atomic mass is 10.0. The number of carbonyl (C=O) groups is 3. The molecule has 0 bridgehead atoms. The van der Waals surface area contributed by atoms with Crippen LogP contribution in [0.4, 0.5) is 0 Å². The fourth-order valence-electron chi connectivity index (χ4n) is 4.00. The molecule has 51 heavy (non-hydrogen) atoms. The van der Waals surface area contributed by atoms with Crippen LogP contribution in [0.3, 0.4) is 0 Å². The van der Waals surface area contributed by atoms with E-state index in [1.807, 2.05) is 6.92 Å². The molecule has 13 N–H and O–H groups in total. The molecule has 0 saturated heterocycles. The molecule has 0 spiro atoms. The van der Waals surface area contributed by atoms with E-state index in [2.05, 4.69) is 16.0 Å². The van der Waals surface area contributed by atoms with Crippen molar-refractivity contribution >= 4 is 17.7 Å². The van der Waals surface area contributed by atoms with E-state index >= 15 is 0 Å². The predicted octanol–water partition coefficient (Wildman–Crippen LogP) is -7.15. The quantitative estimate of drug-likeness (QED) is 0.0277. The minimum Gasteiger partial charge on any atom is -0.394 e. The molecule has 0 unspecified atom stereocenters. The van der Waals surface area contributed by atoms with Crippen molar-refractivity contribution in [3.05, 3.63) is 0 Å². The molecule has 0 aromatic heterocycles. The molecule has 21 nitrogen and oxygen atoms in total. The van der Waals surface area contributed by atoms with Crippen LogP contribution >= 0.6 is 0 Å². The zero-order valence-electron chi connectivity index (χ0n) is 29.0. The molecule has 3 amide bonds. The van der Waals surface area contributed by atoms with E-state index in [9.17, 15) is 55.2 Å². The summed E-state index contributed by atoms with van der Waals surface area (Å²) in [7, 11) is 0. The van der Waals surface area contributed by atoms with Gasteiger partial charge in [-0.25, -0.2) is 0 Å². The van der Waals surface area contributed by atoms with Crippen LogP contribution in [0.5, 0.6) is 0 Å².